The lowest BCUT2D eigenvalue weighted by atomic mass is 9.60. The van der Waals surface area contributed by atoms with E-state index in [1.165, 1.54) is 106 Å². The van der Waals surface area contributed by atoms with E-state index in [-0.39, 0.29) is 12.2 Å². The monoisotopic (exact) mass is 781 g/mol. The second-order valence-corrected chi connectivity index (χ2v) is 21.7. The van der Waals surface area contributed by atoms with Crippen LogP contribution in [0, 0.1) is 64.1 Å². The maximum atomic E-state index is 10.0. The molecular formula is C55H88O2. The minimum atomic E-state index is -0.182. The molecule has 2 nitrogen and oxygen atoms in total. The van der Waals surface area contributed by atoms with Gasteiger partial charge in [0, 0.05) is 0 Å². The zero-order valence-electron chi connectivity index (χ0n) is 38.6. The maximum Gasteiger partial charge on any atom is 0.0583 e. The van der Waals surface area contributed by atoms with Crippen LogP contribution >= 0.6 is 0 Å². The van der Waals surface area contributed by atoms with Gasteiger partial charge < -0.3 is 10.2 Å². The van der Waals surface area contributed by atoms with Crippen molar-refractivity contribution in [2.24, 2.45) is 64.1 Å². The first kappa shape index (κ1) is 46.2. The molecular weight excluding hydrogens is 693 g/mol. The van der Waals surface area contributed by atoms with Gasteiger partial charge in [0.15, 0.2) is 0 Å². The van der Waals surface area contributed by atoms with E-state index in [0.717, 1.165) is 80.0 Å². The average Bonchev–Trinajstić information content (AvgIpc) is 3.71. The molecule has 6 saturated carbocycles. The van der Waals surface area contributed by atoms with Gasteiger partial charge in [0.05, 0.1) is 12.2 Å². The number of fused-ring (bicyclic) bond motifs is 2. The number of allylic oxidation sites excluding steroid dienone is 10. The van der Waals surface area contributed by atoms with Gasteiger partial charge in [0.25, 0.3) is 0 Å². The summed E-state index contributed by atoms with van der Waals surface area (Å²) < 4.78 is 0. The van der Waals surface area contributed by atoms with Crippen molar-refractivity contribution in [3.63, 3.8) is 0 Å². The van der Waals surface area contributed by atoms with Gasteiger partial charge in [-0.25, -0.2) is 0 Å². The van der Waals surface area contributed by atoms with Crippen molar-refractivity contribution >= 4 is 0 Å². The van der Waals surface area contributed by atoms with E-state index in [9.17, 15) is 10.2 Å². The summed E-state index contributed by atoms with van der Waals surface area (Å²) in [4.78, 5) is 0. The Bertz CT molecular complexity index is 1510. The third-order valence-electron chi connectivity index (χ3n) is 17.0. The largest absolute Gasteiger partial charge is 0.393 e. The van der Waals surface area contributed by atoms with Gasteiger partial charge in [-0.15, -0.1) is 0 Å². The van der Waals surface area contributed by atoms with Crippen LogP contribution in [0.3, 0.4) is 0 Å². The number of aliphatic hydroxyl groups is 2. The molecule has 0 amide bonds. The van der Waals surface area contributed by atoms with Crippen molar-refractivity contribution in [1.29, 1.82) is 0 Å². The zero-order chi connectivity index (χ0) is 41.5. The molecule has 6 rings (SSSR count). The van der Waals surface area contributed by atoms with Crippen LogP contribution in [0.15, 0.2) is 83.1 Å². The van der Waals surface area contributed by atoms with Gasteiger partial charge in [-0.2, -0.15) is 0 Å². The molecule has 0 aromatic rings. The van der Waals surface area contributed by atoms with Crippen LogP contribution in [0.4, 0.5) is 0 Å². The predicted molar refractivity (Wildman–Crippen MR) is 247 cm³/mol. The van der Waals surface area contributed by atoms with Gasteiger partial charge in [-0.05, 0) is 178 Å². The molecule has 6 aliphatic rings. The van der Waals surface area contributed by atoms with E-state index < -0.39 is 0 Å². The van der Waals surface area contributed by atoms with Crippen LogP contribution in [0.1, 0.15) is 184 Å². The Morgan fingerprint density at radius 2 is 1.11 bits per heavy atom. The van der Waals surface area contributed by atoms with Gasteiger partial charge in [0.1, 0.15) is 0 Å². The topological polar surface area (TPSA) is 40.5 Å². The number of rotatable bonds is 11. The van der Waals surface area contributed by atoms with Crippen molar-refractivity contribution < 1.29 is 10.2 Å². The first-order valence-corrected chi connectivity index (χ1v) is 24.2. The molecule has 2 N–H and O–H groups in total. The fourth-order valence-electron chi connectivity index (χ4n) is 12.9. The Morgan fingerprint density at radius 3 is 1.60 bits per heavy atom. The van der Waals surface area contributed by atoms with Crippen molar-refractivity contribution in [2.45, 2.75) is 197 Å². The van der Waals surface area contributed by atoms with E-state index in [1.54, 1.807) is 11.1 Å². The standard InChI is InChI=1S/C28H44O.C27H44O/c1-19(2)20(3)9-10-22(5)26-15-16-27-23(8-7-17-28(26,27)6)12-13-24-18-25(29)14-11-21(24)4;1-19(2)8-6-9-21(4)25-15-16-26-22(10-7-17-27(25,26)5)12-13-23-18-24(28)14-11-20(23)3/h9-10,12-13,19-20,22,25-27,29H,4,7-8,11,14-18H2,1-3,5-6H3;12-13,19,21,24-26,28H,3,6-11,14-18H2,1-2,4-5H3/b10-9+,23-12+,24-13-;22-12+,23-13-/t20-,22+,25-,26+,27-,28+;21-,24+,25-,26?,27-/m01/s1. The highest BCUT2D eigenvalue weighted by Crippen LogP contribution is 2.61. The van der Waals surface area contributed by atoms with Gasteiger partial charge in [-0.3, -0.25) is 0 Å². The molecule has 6 fully saturated rings. The molecule has 0 aromatic carbocycles. The van der Waals surface area contributed by atoms with Crippen molar-refractivity contribution in [3.8, 4) is 0 Å². The molecule has 320 valence electrons. The highest BCUT2D eigenvalue weighted by molar-refractivity contribution is 5.37. The molecule has 0 radical (unpaired) electrons. The highest BCUT2D eigenvalue weighted by atomic mass is 16.3. The Hall–Kier alpha value is -1.90. The molecule has 1 unspecified atom stereocenters. The van der Waals surface area contributed by atoms with E-state index in [0.29, 0.717) is 22.7 Å². The summed E-state index contributed by atoms with van der Waals surface area (Å²) in [6, 6.07) is 0. The van der Waals surface area contributed by atoms with Crippen LogP contribution in [0.5, 0.6) is 0 Å². The minimum absolute atomic E-state index is 0.172. The number of hydrogen-bond acceptors (Lipinski definition) is 2. The predicted octanol–water partition coefficient (Wildman–Crippen LogP) is 15.3. The Balaban J connectivity index is 0.000000218. The van der Waals surface area contributed by atoms with Crippen LogP contribution in [-0.2, 0) is 0 Å². The summed E-state index contributed by atoms with van der Waals surface area (Å²) in [5.41, 5.74) is 9.32. The first-order chi connectivity index (χ1) is 27.0. The molecule has 0 aliphatic heterocycles. The number of hydrogen-bond donors (Lipinski definition) is 2. The molecule has 0 aromatic heterocycles. The minimum Gasteiger partial charge on any atom is -0.393 e. The van der Waals surface area contributed by atoms with E-state index in [2.05, 4.69) is 112 Å². The van der Waals surface area contributed by atoms with Crippen molar-refractivity contribution in [2.75, 3.05) is 0 Å². The highest BCUT2D eigenvalue weighted by Gasteiger charge is 2.51. The summed E-state index contributed by atoms with van der Waals surface area (Å²) in [6.07, 6.45) is 37.0. The van der Waals surface area contributed by atoms with Gasteiger partial charge in [-0.1, -0.05) is 153 Å². The van der Waals surface area contributed by atoms with Crippen LogP contribution in [-0.4, -0.2) is 22.4 Å². The molecule has 2 heteroatoms. The van der Waals surface area contributed by atoms with Crippen molar-refractivity contribution in [1.82, 2.24) is 0 Å². The Kier molecular flexibility index (Phi) is 16.7. The quantitative estimate of drug-likeness (QED) is 0.205. The fraction of sp³-hybridized carbons (Fsp3) is 0.745. The summed E-state index contributed by atoms with van der Waals surface area (Å²) in [6.45, 7) is 30.3. The third kappa shape index (κ3) is 11.5. The molecule has 0 bridgehead atoms. The summed E-state index contributed by atoms with van der Waals surface area (Å²) in [7, 11) is 0. The van der Waals surface area contributed by atoms with E-state index in [1.807, 2.05) is 0 Å². The molecule has 0 heterocycles. The first-order valence-electron chi connectivity index (χ1n) is 24.2. The second kappa shape index (κ2) is 20.6. The summed E-state index contributed by atoms with van der Waals surface area (Å²) in [5.74, 6) is 6.95. The average molecular weight is 781 g/mol. The molecule has 11 atom stereocenters. The SMILES string of the molecule is C=C1CC[C@H](O)C/C1=C/C=C1\CCC[C@@]2(C)C1CC[C@@H]2[C@H](C)CCCC(C)C.C=C1CC[C@H](O)C/C1=C/C=C1\CCC[C@]2(C)[C@@H]([C@H](C)/C=C/[C@H](C)C(C)C)CC[C@@H]12. The van der Waals surface area contributed by atoms with E-state index in [4.69, 9.17) is 0 Å². The van der Waals surface area contributed by atoms with Crippen LogP contribution < -0.4 is 0 Å². The normalized spacial score (nSPS) is 37.9. The second-order valence-electron chi connectivity index (χ2n) is 21.7. The lowest BCUT2D eigenvalue weighted by molar-refractivity contribution is 0.0928. The molecule has 6 aliphatic carbocycles. The van der Waals surface area contributed by atoms with Crippen LogP contribution in [0.2, 0.25) is 0 Å². The lowest BCUT2D eigenvalue weighted by Gasteiger charge is -2.44. The molecule has 57 heavy (non-hydrogen) atoms. The third-order valence-corrected chi connectivity index (χ3v) is 17.0. The van der Waals surface area contributed by atoms with E-state index >= 15 is 0 Å². The summed E-state index contributed by atoms with van der Waals surface area (Å²) >= 11 is 0. The zero-order valence-corrected chi connectivity index (χ0v) is 38.6. The molecule has 0 spiro atoms. The Labute approximate surface area is 352 Å². The van der Waals surface area contributed by atoms with Gasteiger partial charge >= 0.3 is 0 Å². The number of aliphatic hydroxyl groups excluding tert-OH is 2. The lowest BCUT2D eigenvalue weighted by Crippen LogP contribution is -2.36. The van der Waals surface area contributed by atoms with Crippen LogP contribution in [0.25, 0.3) is 0 Å². The summed E-state index contributed by atoms with van der Waals surface area (Å²) in [5, 5.41) is 20.1. The Morgan fingerprint density at radius 1 is 0.614 bits per heavy atom. The molecule has 0 saturated heterocycles. The van der Waals surface area contributed by atoms with Crippen molar-refractivity contribution in [3.05, 3.63) is 83.1 Å². The maximum absolute atomic E-state index is 10.0. The smallest absolute Gasteiger partial charge is 0.0583 e. The van der Waals surface area contributed by atoms with Gasteiger partial charge in [0.2, 0.25) is 0 Å². The fourth-order valence-corrected chi connectivity index (χ4v) is 12.9.